The van der Waals surface area contributed by atoms with Crippen molar-refractivity contribution in [2.75, 3.05) is 23.3 Å². The smallest absolute Gasteiger partial charge is 0.224 e. The van der Waals surface area contributed by atoms with Crippen LogP contribution in [0.25, 0.3) is 11.2 Å². The molecule has 104 valence electrons. The number of imidazole rings is 1. The van der Waals surface area contributed by atoms with Crippen LogP contribution in [-0.2, 0) is 6.42 Å². The molecule has 0 aromatic carbocycles. The number of nitrogens with one attached hydrogen (secondary N) is 2. The van der Waals surface area contributed by atoms with E-state index in [1.165, 1.54) is 11.3 Å². The molecule has 0 saturated carbocycles. The molecule has 0 amide bonds. The van der Waals surface area contributed by atoms with Crippen LogP contribution in [0.1, 0.15) is 12.1 Å². The number of anilines is 3. The number of hydrogen-bond acceptors (Lipinski definition) is 8. The third-order valence-corrected chi connectivity index (χ3v) is 3.50. The standard InChI is InChI=1S/C11H14N8S/c12-10-18-8(7-9(19-10)16-5-15-7)14-3-1-2-6-4-20-11(13)17-6/h4-5H,1-3H2,(H2,13,17)(H4,12,14,15,16,18,19). The number of nitrogens with zero attached hydrogens (tertiary/aromatic N) is 4. The Labute approximate surface area is 118 Å². The number of thiazole rings is 1. The van der Waals surface area contributed by atoms with Gasteiger partial charge < -0.3 is 21.8 Å². The monoisotopic (exact) mass is 290 g/mol. The van der Waals surface area contributed by atoms with E-state index < -0.39 is 0 Å². The minimum atomic E-state index is 0.208. The fraction of sp³-hybridized carbons (Fsp3) is 0.273. The Morgan fingerprint density at radius 1 is 1.25 bits per heavy atom. The van der Waals surface area contributed by atoms with E-state index in [4.69, 9.17) is 11.5 Å². The minimum absolute atomic E-state index is 0.208. The van der Waals surface area contributed by atoms with Crippen LogP contribution in [-0.4, -0.2) is 31.5 Å². The van der Waals surface area contributed by atoms with E-state index in [0.29, 0.717) is 16.6 Å². The van der Waals surface area contributed by atoms with E-state index in [1.54, 1.807) is 6.33 Å². The lowest BCUT2D eigenvalue weighted by atomic mass is 10.2. The Morgan fingerprint density at radius 3 is 2.95 bits per heavy atom. The van der Waals surface area contributed by atoms with Crippen LogP contribution in [0.3, 0.4) is 0 Å². The molecule has 0 fully saturated rings. The quantitative estimate of drug-likeness (QED) is 0.516. The van der Waals surface area contributed by atoms with Crippen LogP contribution in [0.5, 0.6) is 0 Å². The molecule has 0 spiro atoms. The summed E-state index contributed by atoms with van der Waals surface area (Å²) in [4.78, 5) is 19.5. The normalized spacial score (nSPS) is 11.0. The number of nitrogens with two attached hydrogens (primary N) is 2. The molecule has 8 nitrogen and oxygen atoms in total. The average Bonchev–Trinajstić information content (AvgIpc) is 3.03. The van der Waals surface area contributed by atoms with Crippen LogP contribution < -0.4 is 16.8 Å². The zero-order chi connectivity index (χ0) is 13.9. The average molecular weight is 290 g/mol. The topological polar surface area (TPSA) is 131 Å². The lowest BCUT2D eigenvalue weighted by Gasteiger charge is -2.06. The van der Waals surface area contributed by atoms with E-state index in [1.807, 2.05) is 5.38 Å². The van der Waals surface area contributed by atoms with Crippen LogP contribution in [0.4, 0.5) is 16.9 Å². The SMILES string of the molecule is Nc1nc(NCCCc2csc(N)n2)c2[nH]cnc2n1. The van der Waals surface area contributed by atoms with Crippen molar-refractivity contribution in [3.63, 3.8) is 0 Å². The first-order chi connectivity index (χ1) is 9.72. The highest BCUT2D eigenvalue weighted by atomic mass is 32.1. The molecule has 0 aliphatic carbocycles. The van der Waals surface area contributed by atoms with Gasteiger partial charge in [-0.15, -0.1) is 11.3 Å². The molecule has 0 aliphatic rings. The Kier molecular flexibility index (Phi) is 3.33. The maximum Gasteiger partial charge on any atom is 0.224 e. The fourth-order valence-electron chi connectivity index (χ4n) is 1.89. The highest BCUT2D eigenvalue weighted by Gasteiger charge is 2.07. The van der Waals surface area contributed by atoms with Crippen molar-refractivity contribution in [3.8, 4) is 0 Å². The van der Waals surface area contributed by atoms with Crippen molar-refractivity contribution >= 4 is 39.4 Å². The van der Waals surface area contributed by atoms with Gasteiger partial charge in [0.1, 0.15) is 5.52 Å². The summed E-state index contributed by atoms with van der Waals surface area (Å²) < 4.78 is 0. The number of H-pyrrole nitrogens is 1. The second kappa shape index (κ2) is 5.29. The summed E-state index contributed by atoms with van der Waals surface area (Å²) in [6.07, 6.45) is 3.36. The van der Waals surface area contributed by atoms with E-state index in [9.17, 15) is 0 Å². The van der Waals surface area contributed by atoms with E-state index in [2.05, 4.69) is 30.2 Å². The van der Waals surface area contributed by atoms with Gasteiger partial charge in [0.25, 0.3) is 0 Å². The first-order valence-electron chi connectivity index (χ1n) is 6.13. The molecular weight excluding hydrogens is 276 g/mol. The molecule has 3 aromatic rings. The van der Waals surface area contributed by atoms with Gasteiger partial charge >= 0.3 is 0 Å². The molecule has 6 N–H and O–H groups in total. The second-order valence-electron chi connectivity index (χ2n) is 4.24. The van der Waals surface area contributed by atoms with Crippen LogP contribution in [0.2, 0.25) is 0 Å². The summed E-state index contributed by atoms with van der Waals surface area (Å²) in [6.45, 7) is 0.752. The minimum Gasteiger partial charge on any atom is -0.375 e. The van der Waals surface area contributed by atoms with Crippen molar-refractivity contribution in [2.24, 2.45) is 0 Å². The molecule has 0 saturated heterocycles. The van der Waals surface area contributed by atoms with Crippen molar-refractivity contribution < 1.29 is 0 Å². The highest BCUT2D eigenvalue weighted by Crippen LogP contribution is 2.17. The molecule has 9 heteroatoms. The van der Waals surface area contributed by atoms with Gasteiger partial charge in [-0.2, -0.15) is 9.97 Å². The highest BCUT2D eigenvalue weighted by molar-refractivity contribution is 7.13. The number of aromatic amines is 1. The summed E-state index contributed by atoms with van der Waals surface area (Å²) in [7, 11) is 0. The number of rotatable bonds is 5. The van der Waals surface area contributed by atoms with E-state index in [-0.39, 0.29) is 5.95 Å². The second-order valence-corrected chi connectivity index (χ2v) is 5.13. The van der Waals surface area contributed by atoms with Gasteiger partial charge in [-0.25, -0.2) is 9.97 Å². The van der Waals surface area contributed by atoms with Gasteiger partial charge in [-0.3, -0.25) is 0 Å². The number of aryl methyl sites for hydroxylation is 1. The summed E-state index contributed by atoms with van der Waals surface area (Å²) >= 11 is 1.46. The number of aromatic nitrogens is 5. The van der Waals surface area contributed by atoms with Crippen molar-refractivity contribution in [3.05, 3.63) is 17.4 Å². The summed E-state index contributed by atoms with van der Waals surface area (Å²) in [6, 6.07) is 0. The lowest BCUT2D eigenvalue weighted by Crippen LogP contribution is -2.07. The Morgan fingerprint density at radius 2 is 2.15 bits per heavy atom. The summed E-state index contributed by atoms with van der Waals surface area (Å²) in [5.74, 6) is 0.877. The molecule has 0 radical (unpaired) electrons. The fourth-order valence-corrected chi connectivity index (χ4v) is 2.49. The predicted octanol–water partition coefficient (Wildman–Crippen LogP) is 1.02. The van der Waals surface area contributed by atoms with Gasteiger partial charge in [0.15, 0.2) is 16.6 Å². The van der Waals surface area contributed by atoms with Gasteiger partial charge in [0.05, 0.1) is 12.0 Å². The van der Waals surface area contributed by atoms with E-state index >= 15 is 0 Å². The lowest BCUT2D eigenvalue weighted by molar-refractivity contribution is 0.841. The summed E-state index contributed by atoms with van der Waals surface area (Å²) in [5, 5.41) is 5.82. The number of hydrogen-bond donors (Lipinski definition) is 4. The molecule has 3 aromatic heterocycles. The predicted molar refractivity (Wildman–Crippen MR) is 79.4 cm³/mol. The maximum absolute atomic E-state index is 5.64. The van der Waals surface area contributed by atoms with Gasteiger partial charge in [-0.1, -0.05) is 0 Å². The zero-order valence-electron chi connectivity index (χ0n) is 10.6. The van der Waals surface area contributed by atoms with Crippen LogP contribution in [0.15, 0.2) is 11.7 Å². The van der Waals surface area contributed by atoms with E-state index in [0.717, 1.165) is 30.6 Å². The molecule has 0 bridgehead atoms. The number of fused-ring (bicyclic) bond motifs is 1. The molecule has 0 atom stereocenters. The first kappa shape index (κ1) is 12.6. The first-order valence-corrected chi connectivity index (χ1v) is 7.00. The molecular formula is C11H14N8S. The van der Waals surface area contributed by atoms with Crippen molar-refractivity contribution in [1.29, 1.82) is 0 Å². The number of nitrogen functional groups attached to an aromatic ring is 2. The molecule has 3 heterocycles. The molecule has 0 aliphatic heterocycles. The van der Waals surface area contributed by atoms with Crippen molar-refractivity contribution in [2.45, 2.75) is 12.8 Å². The molecule has 3 rings (SSSR count). The molecule has 20 heavy (non-hydrogen) atoms. The van der Waals surface area contributed by atoms with Gasteiger partial charge in [-0.05, 0) is 12.8 Å². The van der Waals surface area contributed by atoms with Crippen LogP contribution in [0, 0.1) is 0 Å². The van der Waals surface area contributed by atoms with Crippen LogP contribution >= 0.6 is 11.3 Å². The zero-order valence-corrected chi connectivity index (χ0v) is 11.4. The Balaban J connectivity index is 1.61. The largest absolute Gasteiger partial charge is 0.375 e. The maximum atomic E-state index is 5.64. The van der Waals surface area contributed by atoms with Crippen molar-refractivity contribution in [1.82, 2.24) is 24.9 Å². The third kappa shape index (κ3) is 2.62. The van der Waals surface area contributed by atoms with Gasteiger partial charge in [0.2, 0.25) is 5.95 Å². The molecule has 0 unspecified atom stereocenters. The summed E-state index contributed by atoms with van der Waals surface area (Å²) in [5.41, 5.74) is 13.6. The van der Waals surface area contributed by atoms with Gasteiger partial charge in [0, 0.05) is 11.9 Å². The Hall–Kier alpha value is -2.42. The third-order valence-electron chi connectivity index (χ3n) is 2.77. The Bertz CT molecular complexity index is 718.